The molecule has 3 N–H and O–H groups in total. The fraction of sp³-hybridized carbons (Fsp3) is 0.182. The second-order valence-electron chi connectivity index (χ2n) is 6.85. The van der Waals surface area contributed by atoms with E-state index in [1.54, 1.807) is 0 Å². The molecule has 0 fully saturated rings. The molecule has 1 aromatic heterocycles. The summed E-state index contributed by atoms with van der Waals surface area (Å²) >= 11 is 0. The Hall–Kier alpha value is -3.52. The molecule has 0 saturated heterocycles. The van der Waals surface area contributed by atoms with Crippen LogP contribution in [0.3, 0.4) is 0 Å². The highest BCUT2D eigenvalue weighted by Crippen LogP contribution is 2.48. The summed E-state index contributed by atoms with van der Waals surface area (Å²) in [6.07, 6.45) is 0. The number of fused-ring (bicyclic) bond motifs is 1. The van der Waals surface area contributed by atoms with E-state index in [1.807, 2.05) is 37.3 Å². The Bertz CT molecular complexity index is 1040. The molecule has 27 heavy (non-hydrogen) atoms. The number of allylic oxidation sites excluding steroid dienone is 1. The highest BCUT2D eigenvalue weighted by Gasteiger charge is 2.38. The van der Waals surface area contributed by atoms with Crippen LogP contribution in [0.25, 0.3) is 11.3 Å². The Kier molecular flexibility index (Phi) is 4.17. The van der Waals surface area contributed by atoms with Gasteiger partial charge >= 0.3 is 0 Å². The van der Waals surface area contributed by atoms with Crippen LogP contribution >= 0.6 is 0 Å². The molecule has 0 aliphatic carbocycles. The number of nitrogens with zero attached hydrogens (tertiary/aromatic N) is 2. The molecule has 1 aliphatic rings. The van der Waals surface area contributed by atoms with Crippen molar-refractivity contribution in [2.24, 2.45) is 5.73 Å². The van der Waals surface area contributed by atoms with Crippen molar-refractivity contribution in [3.05, 3.63) is 82.7 Å². The summed E-state index contributed by atoms with van der Waals surface area (Å²) in [5.41, 5.74) is 11.5. The fourth-order valence-corrected chi connectivity index (χ4v) is 3.67. The first-order chi connectivity index (χ1) is 13.1. The molecule has 5 nitrogen and oxygen atoms in total. The predicted octanol–water partition coefficient (Wildman–Crippen LogP) is 4.36. The van der Waals surface area contributed by atoms with Gasteiger partial charge in [-0.05, 0) is 24.0 Å². The first-order valence-corrected chi connectivity index (χ1v) is 8.88. The average Bonchev–Trinajstić information content (AvgIpc) is 3.11. The Labute approximate surface area is 158 Å². The van der Waals surface area contributed by atoms with Crippen LogP contribution in [-0.2, 0) is 0 Å². The molecular formula is C22H20N4O. The lowest BCUT2D eigenvalue weighted by molar-refractivity contribution is 0.368. The number of nitriles is 1. The minimum Gasteiger partial charge on any atom is -0.420 e. The van der Waals surface area contributed by atoms with Crippen LogP contribution in [0.5, 0.6) is 5.88 Å². The van der Waals surface area contributed by atoms with E-state index >= 15 is 0 Å². The monoisotopic (exact) mass is 356 g/mol. The lowest BCUT2D eigenvalue weighted by atomic mass is 9.76. The second kappa shape index (κ2) is 6.65. The molecule has 2 atom stereocenters. The van der Waals surface area contributed by atoms with Crippen LogP contribution in [0.15, 0.2) is 66.1 Å². The van der Waals surface area contributed by atoms with E-state index in [-0.39, 0.29) is 17.7 Å². The van der Waals surface area contributed by atoms with Gasteiger partial charge < -0.3 is 10.5 Å². The van der Waals surface area contributed by atoms with Crippen molar-refractivity contribution in [3.63, 3.8) is 0 Å². The summed E-state index contributed by atoms with van der Waals surface area (Å²) in [7, 11) is 0. The molecule has 0 spiro atoms. The first-order valence-electron chi connectivity index (χ1n) is 8.88. The van der Waals surface area contributed by atoms with Gasteiger partial charge in [0.2, 0.25) is 11.8 Å². The average molecular weight is 356 g/mol. The highest BCUT2D eigenvalue weighted by molar-refractivity contribution is 5.69. The number of benzene rings is 2. The Morgan fingerprint density at radius 3 is 2.52 bits per heavy atom. The fourth-order valence-electron chi connectivity index (χ4n) is 3.67. The second-order valence-corrected chi connectivity index (χ2v) is 6.85. The van der Waals surface area contributed by atoms with Crippen molar-refractivity contribution >= 4 is 0 Å². The van der Waals surface area contributed by atoms with Gasteiger partial charge in [0.1, 0.15) is 6.07 Å². The number of nitrogens with one attached hydrogen (secondary N) is 1. The van der Waals surface area contributed by atoms with Gasteiger partial charge in [0.15, 0.2) is 0 Å². The third-order valence-electron chi connectivity index (χ3n) is 5.15. The molecule has 0 bridgehead atoms. The maximum atomic E-state index is 9.79. The molecule has 134 valence electrons. The first kappa shape index (κ1) is 16.9. The molecule has 2 unspecified atom stereocenters. The van der Waals surface area contributed by atoms with Gasteiger partial charge in [0.05, 0.1) is 16.8 Å². The minimum atomic E-state index is -0.240. The van der Waals surface area contributed by atoms with E-state index in [2.05, 4.69) is 47.5 Å². The summed E-state index contributed by atoms with van der Waals surface area (Å²) in [5, 5.41) is 17.2. The molecule has 2 heterocycles. The summed E-state index contributed by atoms with van der Waals surface area (Å²) in [5.74, 6) is 0.356. The van der Waals surface area contributed by atoms with Crippen molar-refractivity contribution in [2.75, 3.05) is 0 Å². The van der Waals surface area contributed by atoms with Gasteiger partial charge in [-0.15, -0.1) is 5.10 Å². The molecule has 4 rings (SSSR count). The Morgan fingerprint density at radius 2 is 1.85 bits per heavy atom. The summed E-state index contributed by atoms with van der Waals surface area (Å²) in [6, 6.07) is 20.6. The van der Waals surface area contributed by atoms with Gasteiger partial charge in [-0.3, -0.25) is 5.10 Å². The molecule has 1 aliphatic heterocycles. The Morgan fingerprint density at radius 1 is 1.15 bits per heavy atom. The smallest absolute Gasteiger partial charge is 0.244 e. The quantitative estimate of drug-likeness (QED) is 0.730. The van der Waals surface area contributed by atoms with Crippen molar-refractivity contribution < 1.29 is 4.74 Å². The van der Waals surface area contributed by atoms with Crippen molar-refractivity contribution in [1.82, 2.24) is 10.2 Å². The number of aryl methyl sites for hydroxylation is 1. The van der Waals surface area contributed by atoms with E-state index in [0.717, 1.165) is 22.4 Å². The topological polar surface area (TPSA) is 87.7 Å². The van der Waals surface area contributed by atoms with Crippen LogP contribution in [0.4, 0.5) is 0 Å². The highest BCUT2D eigenvalue weighted by atomic mass is 16.5. The standard InChI is InChI=1S/C22H20N4O/c1-13-8-10-16(11-9-13)20-19-18(14(2)15-6-4-3-5-7-15)17(12-23)21(24)27-22(19)26-25-20/h3-11,14,18H,24H2,1-2H3,(H,25,26). The van der Waals surface area contributed by atoms with Crippen molar-refractivity contribution in [2.45, 2.75) is 25.7 Å². The molecule has 0 amide bonds. The van der Waals surface area contributed by atoms with Crippen LogP contribution < -0.4 is 10.5 Å². The van der Waals surface area contributed by atoms with Crippen LogP contribution in [0.1, 0.15) is 35.4 Å². The number of aromatic nitrogens is 2. The largest absolute Gasteiger partial charge is 0.420 e. The minimum absolute atomic E-state index is 0.0313. The van der Waals surface area contributed by atoms with Gasteiger partial charge in [-0.2, -0.15) is 5.26 Å². The predicted molar refractivity (Wildman–Crippen MR) is 104 cm³/mol. The van der Waals surface area contributed by atoms with Crippen molar-refractivity contribution in [3.8, 4) is 23.2 Å². The summed E-state index contributed by atoms with van der Waals surface area (Å²) in [6.45, 7) is 4.15. The third kappa shape index (κ3) is 2.85. The lowest BCUT2D eigenvalue weighted by Gasteiger charge is -2.28. The van der Waals surface area contributed by atoms with Gasteiger partial charge in [-0.1, -0.05) is 67.1 Å². The number of hydrogen-bond acceptors (Lipinski definition) is 4. The number of ether oxygens (including phenoxy) is 1. The molecule has 3 aromatic rings. The lowest BCUT2D eigenvalue weighted by Crippen LogP contribution is -2.23. The third-order valence-corrected chi connectivity index (χ3v) is 5.15. The van der Waals surface area contributed by atoms with E-state index in [9.17, 15) is 5.26 Å². The maximum absolute atomic E-state index is 9.79. The number of rotatable bonds is 3. The van der Waals surface area contributed by atoms with E-state index in [4.69, 9.17) is 10.5 Å². The van der Waals surface area contributed by atoms with Gasteiger partial charge in [0.25, 0.3) is 0 Å². The molecule has 2 aromatic carbocycles. The zero-order chi connectivity index (χ0) is 19.0. The number of H-pyrrole nitrogens is 1. The Balaban J connectivity index is 1.89. The number of hydrogen-bond donors (Lipinski definition) is 2. The van der Waals surface area contributed by atoms with E-state index in [1.165, 1.54) is 5.56 Å². The molecule has 5 heteroatoms. The zero-order valence-electron chi connectivity index (χ0n) is 15.2. The number of aromatic amines is 1. The van der Waals surface area contributed by atoms with Crippen LogP contribution in [-0.4, -0.2) is 10.2 Å². The van der Waals surface area contributed by atoms with E-state index < -0.39 is 0 Å². The summed E-state index contributed by atoms with van der Waals surface area (Å²) < 4.78 is 5.67. The van der Waals surface area contributed by atoms with Crippen LogP contribution in [0, 0.1) is 18.3 Å². The molecule has 0 radical (unpaired) electrons. The molecular weight excluding hydrogens is 336 g/mol. The van der Waals surface area contributed by atoms with Gasteiger partial charge in [-0.25, -0.2) is 0 Å². The van der Waals surface area contributed by atoms with Crippen molar-refractivity contribution in [1.29, 1.82) is 5.26 Å². The number of nitrogens with two attached hydrogens (primary N) is 1. The van der Waals surface area contributed by atoms with E-state index in [0.29, 0.717) is 11.5 Å². The van der Waals surface area contributed by atoms with Gasteiger partial charge in [0, 0.05) is 5.92 Å². The zero-order valence-corrected chi connectivity index (χ0v) is 15.2. The SMILES string of the molecule is Cc1ccc(-c2[nH]nc3c2C(C(C)c2ccccc2)C(C#N)=C(N)O3)cc1. The maximum Gasteiger partial charge on any atom is 0.244 e. The normalized spacial score (nSPS) is 17.0. The molecule has 0 saturated carbocycles. The van der Waals surface area contributed by atoms with Crippen LogP contribution in [0.2, 0.25) is 0 Å². The summed E-state index contributed by atoms with van der Waals surface area (Å²) in [4.78, 5) is 0.